The lowest BCUT2D eigenvalue weighted by Crippen LogP contribution is -2.22. The number of nitrogens with one attached hydrogen (secondary N) is 1. The van der Waals surface area contributed by atoms with Crippen LogP contribution in [0.4, 0.5) is 0 Å². The van der Waals surface area contributed by atoms with Crippen LogP contribution >= 0.6 is 0 Å². The van der Waals surface area contributed by atoms with Gasteiger partial charge in [-0.2, -0.15) is 0 Å². The molecule has 0 saturated heterocycles. The molecule has 1 N–H and O–H groups in total. The number of amides is 1. The number of rotatable bonds is 3. The molecular formula is C21H23N3O. The molecule has 25 heavy (non-hydrogen) atoms. The molecule has 2 heterocycles. The summed E-state index contributed by atoms with van der Waals surface area (Å²) in [5.74, 6) is 1.11. The van der Waals surface area contributed by atoms with Crippen molar-refractivity contribution in [1.82, 2.24) is 14.9 Å². The predicted octanol–water partition coefficient (Wildman–Crippen LogP) is 4.00. The van der Waals surface area contributed by atoms with E-state index in [1.165, 1.54) is 24.8 Å². The van der Waals surface area contributed by atoms with E-state index in [4.69, 9.17) is 4.98 Å². The second-order valence-electron chi connectivity index (χ2n) is 6.87. The van der Waals surface area contributed by atoms with Crippen molar-refractivity contribution in [2.75, 3.05) is 0 Å². The van der Waals surface area contributed by atoms with E-state index >= 15 is 0 Å². The number of imidazole rings is 1. The highest BCUT2D eigenvalue weighted by Crippen LogP contribution is 2.23. The standard InChI is InChI=1S/C21H23N3O/c1-15-6-5-7-16(12-15)14-22-21(25)17-9-10-19-18(13-17)23-20-8-3-2-4-11-24(19)20/h5-7,9-10,12-13H,2-4,8,11,14H2,1H3,(H,22,25). The number of benzene rings is 2. The Bertz CT molecular complexity index is 926. The smallest absolute Gasteiger partial charge is 0.251 e. The zero-order chi connectivity index (χ0) is 17.2. The SMILES string of the molecule is Cc1cccc(CNC(=O)c2ccc3c(c2)nc2n3CCCCC2)c1. The molecule has 128 valence electrons. The molecule has 1 amide bonds. The number of aryl methyl sites for hydroxylation is 3. The van der Waals surface area contributed by atoms with E-state index in [0.29, 0.717) is 12.1 Å². The van der Waals surface area contributed by atoms with Crippen LogP contribution in [-0.2, 0) is 19.5 Å². The molecule has 1 aliphatic heterocycles. The fraction of sp³-hybridized carbons (Fsp3) is 0.333. The van der Waals surface area contributed by atoms with Crippen LogP contribution in [-0.4, -0.2) is 15.5 Å². The van der Waals surface area contributed by atoms with E-state index in [1.54, 1.807) is 0 Å². The Hall–Kier alpha value is -2.62. The van der Waals surface area contributed by atoms with Gasteiger partial charge >= 0.3 is 0 Å². The van der Waals surface area contributed by atoms with Crippen LogP contribution in [0.15, 0.2) is 42.5 Å². The molecule has 0 atom stereocenters. The molecule has 4 rings (SSSR count). The summed E-state index contributed by atoms with van der Waals surface area (Å²) in [6.45, 7) is 3.63. The second-order valence-corrected chi connectivity index (χ2v) is 6.87. The normalized spacial score (nSPS) is 14.1. The number of aromatic nitrogens is 2. The lowest BCUT2D eigenvalue weighted by Gasteiger charge is -2.07. The van der Waals surface area contributed by atoms with Gasteiger partial charge in [0.2, 0.25) is 0 Å². The minimum atomic E-state index is -0.0494. The summed E-state index contributed by atoms with van der Waals surface area (Å²) >= 11 is 0. The van der Waals surface area contributed by atoms with E-state index in [0.717, 1.165) is 35.4 Å². The van der Waals surface area contributed by atoms with Crippen molar-refractivity contribution in [2.45, 2.75) is 45.7 Å². The quantitative estimate of drug-likeness (QED) is 0.787. The average molecular weight is 333 g/mol. The number of fused-ring (bicyclic) bond motifs is 3. The lowest BCUT2D eigenvalue weighted by molar-refractivity contribution is 0.0951. The van der Waals surface area contributed by atoms with Crippen molar-refractivity contribution in [2.24, 2.45) is 0 Å². The van der Waals surface area contributed by atoms with Crippen LogP contribution in [0.5, 0.6) is 0 Å². The predicted molar refractivity (Wildman–Crippen MR) is 99.6 cm³/mol. The third kappa shape index (κ3) is 3.29. The van der Waals surface area contributed by atoms with Gasteiger partial charge in [-0.15, -0.1) is 0 Å². The zero-order valence-electron chi connectivity index (χ0n) is 14.6. The molecule has 0 aliphatic carbocycles. The van der Waals surface area contributed by atoms with Gasteiger partial charge in [-0.1, -0.05) is 36.2 Å². The summed E-state index contributed by atoms with van der Waals surface area (Å²) in [5, 5.41) is 3.01. The number of hydrogen-bond donors (Lipinski definition) is 1. The van der Waals surface area contributed by atoms with Crippen LogP contribution < -0.4 is 5.32 Å². The molecule has 3 aromatic rings. The maximum atomic E-state index is 12.5. The monoisotopic (exact) mass is 333 g/mol. The summed E-state index contributed by atoms with van der Waals surface area (Å²) in [4.78, 5) is 17.3. The molecule has 0 radical (unpaired) electrons. The van der Waals surface area contributed by atoms with Crippen LogP contribution in [0.2, 0.25) is 0 Å². The first-order valence-electron chi connectivity index (χ1n) is 9.03. The van der Waals surface area contributed by atoms with Crippen molar-refractivity contribution in [3.63, 3.8) is 0 Å². The fourth-order valence-corrected chi connectivity index (χ4v) is 3.60. The van der Waals surface area contributed by atoms with Gasteiger partial charge in [0.25, 0.3) is 5.91 Å². The number of hydrogen-bond acceptors (Lipinski definition) is 2. The third-order valence-corrected chi connectivity index (χ3v) is 4.91. The number of carbonyl (C=O) groups excluding carboxylic acids is 1. The van der Waals surface area contributed by atoms with Crippen LogP contribution in [0.3, 0.4) is 0 Å². The van der Waals surface area contributed by atoms with Gasteiger partial charge in [0.1, 0.15) is 5.82 Å². The van der Waals surface area contributed by atoms with Crippen molar-refractivity contribution in [3.05, 3.63) is 65.0 Å². The Kier molecular flexibility index (Phi) is 4.26. The molecule has 4 heteroatoms. The molecule has 1 aliphatic rings. The van der Waals surface area contributed by atoms with E-state index in [2.05, 4.69) is 28.9 Å². The summed E-state index contributed by atoms with van der Waals surface area (Å²) in [6, 6.07) is 14.1. The van der Waals surface area contributed by atoms with Crippen molar-refractivity contribution < 1.29 is 4.79 Å². The highest BCUT2D eigenvalue weighted by Gasteiger charge is 2.15. The maximum Gasteiger partial charge on any atom is 0.251 e. The Labute approximate surface area is 147 Å². The minimum Gasteiger partial charge on any atom is -0.348 e. The fourth-order valence-electron chi connectivity index (χ4n) is 3.60. The molecule has 1 aromatic heterocycles. The maximum absolute atomic E-state index is 12.5. The topological polar surface area (TPSA) is 46.9 Å². The van der Waals surface area contributed by atoms with Gasteiger partial charge in [-0.05, 0) is 43.5 Å². The van der Waals surface area contributed by atoms with E-state index in [-0.39, 0.29) is 5.91 Å². The Balaban J connectivity index is 1.54. The average Bonchev–Trinajstić information content (AvgIpc) is 2.80. The zero-order valence-corrected chi connectivity index (χ0v) is 14.6. The first kappa shape index (κ1) is 15.9. The van der Waals surface area contributed by atoms with Gasteiger partial charge < -0.3 is 9.88 Å². The molecule has 4 nitrogen and oxygen atoms in total. The largest absolute Gasteiger partial charge is 0.348 e. The van der Waals surface area contributed by atoms with E-state index < -0.39 is 0 Å². The highest BCUT2D eigenvalue weighted by atomic mass is 16.1. The van der Waals surface area contributed by atoms with Gasteiger partial charge in [0.15, 0.2) is 0 Å². The Morgan fingerprint density at radius 1 is 1.16 bits per heavy atom. The minimum absolute atomic E-state index is 0.0494. The molecular weight excluding hydrogens is 310 g/mol. The first-order valence-corrected chi connectivity index (χ1v) is 9.03. The molecule has 0 fully saturated rings. The lowest BCUT2D eigenvalue weighted by atomic mass is 10.1. The summed E-state index contributed by atoms with van der Waals surface area (Å²) in [5.41, 5.74) is 5.07. The van der Waals surface area contributed by atoms with E-state index in [9.17, 15) is 4.79 Å². The van der Waals surface area contributed by atoms with Crippen LogP contribution in [0.25, 0.3) is 11.0 Å². The third-order valence-electron chi connectivity index (χ3n) is 4.91. The van der Waals surface area contributed by atoms with Crippen molar-refractivity contribution in [1.29, 1.82) is 0 Å². The first-order chi connectivity index (χ1) is 12.2. The van der Waals surface area contributed by atoms with Crippen molar-refractivity contribution in [3.8, 4) is 0 Å². The van der Waals surface area contributed by atoms with Crippen LogP contribution in [0, 0.1) is 6.92 Å². The highest BCUT2D eigenvalue weighted by molar-refractivity contribution is 5.97. The second kappa shape index (κ2) is 6.71. The van der Waals surface area contributed by atoms with E-state index in [1.807, 2.05) is 30.3 Å². The molecule has 0 bridgehead atoms. The molecule has 2 aromatic carbocycles. The van der Waals surface area contributed by atoms with Gasteiger partial charge in [-0.3, -0.25) is 4.79 Å². The number of carbonyl (C=O) groups is 1. The molecule has 0 spiro atoms. The van der Waals surface area contributed by atoms with Crippen molar-refractivity contribution >= 4 is 16.9 Å². The molecule has 0 saturated carbocycles. The summed E-state index contributed by atoms with van der Waals surface area (Å²) in [6.07, 6.45) is 4.71. The van der Waals surface area contributed by atoms with Gasteiger partial charge in [0, 0.05) is 25.1 Å². The summed E-state index contributed by atoms with van der Waals surface area (Å²) < 4.78 is 2.32. The van der Waals surface area contributed by atoms with Gasteiger partial charge in [0.05, 0.1) is 11.0 Å². The number of nitrogens with zero attached hydrogens (tertiary/aromatic N) is 2. The molecule has 0 unspecified atom stereocenters. The van der Waals surface area contributed by atoms with Gasteiger partial charge in [-0.25, -0.2) is 4.98 Å². The van der Waals surface area contributed by atoms with Crippen LogP contribution in [0.1, 0.15) is 46.6 Å². The Morgan fingerprint density at radius 3 is 2.96 bits per heavy atom. The summed E-state index contributed by atoms with van der Waals surface area (Å²) in [7, 11) is 0. The Morgan fingerprint density at radius 2 is 2.08 bits per heavy atom.